The number of rotatable bonds is 7. The van der Waals surface area contributed by atoms with Crippen LogP contribution in [0.1, 0.15) is 22.6 Å². The summed E-state index contributed by atoms with van der Waals surface area (Å²) < 4.78 is 16.1. The number of methoxy groups -OCH3 is 2. The molecule has 0 unspecified atom stereocenters. The lowest BCUT2D eigenvalue weighted by Gasteiger charge is -2.14. The van der Waals surface area contributed by atoms with Gasteiger partial charge in [-0.2, -0.15) is 0 Å². The van der Waals surface area contributed by atoms with E-state index in [9.17, 15) is 4.79 Å². The van der Waals surface area contributed by atoms with Crippen LogP contribution >= 0.6 is 0 Å². The summed E-state index contributed by atoms with van der Waals surface area (Å²) in [7, 11) is 3.23. The lowest BCUT2D eigenvalue weighted by atomic mass is 9.98. The van der Waals surface area contributed by atoms with Crippen molar-refractivity contribution in [2.24, 2.45) is 0 Å². The number of fused-ring (bicyclic) bond motifs is 3. The molecule has 1 amide bonds. The summed E-state index contributed by atoms with van der Waals surface area (Å²) >= 11 is 0. The number of alkyl carbamates (subject to hydrolysis) is 1. The zero-order chi connectivity index (χ0) is 21.6. The molecule has 5 nitrogen and oxygen atoms in total. The molecular weight excluding hydrogens is 390 g/mol. The average Bonchev–Trinajstić information content (AvgIpc) is 3.14. The summed E-state index contributed by atoms with van der Waals surface area (Å²) in [4.78, 5) is 12.2. The Morgan fingerprint density at radius 3 is 2.26 bits per heavy atom. The molecule has 0 heterocycles. The number of hydrogen-bond acceptors (Lipinski definition) is 4. The van der Waals surface area contributed by atoms with Crippen LogP contribution in [0.15, 0.2) is 72.8 Å². The molecule has 1 N–H and O–H groups in total. The van der Waals surface area contributed by atoms with Crippen LogP contribution in [0, 0.1) is 0 Å². The van der Waals surface area contributed by atoms with Gasteiger partial charge in [-0.25, -0.2) is 4.79 Å². The summed E-state index contributed by atoms with van der Waals surface area (Å²) in [6.45, 7) is 0.654. The van der Waals surface area contributed by atoms with Gasteiger partial charge in [0.25, 0.3) is 0 Å². The molecule has 1 aliphatic carbocycles. The van der Waals surface area contributed by atoms with Crippen LogP contribution < -0.4 is 14.8 Å². The van der Waals surface area contributed by atoms with Crippen LogP contribution in [0.4, 0.5) is 4.79 Å². The minimum atomic E-state index is -0.437. The zero-order valence-electron chi connectivity index (χ0n) is 17.6. The third-order valence-electron chi connectivity index (χ3n) is 5.45. The van der Waals surface area contributed by atoms with E-state index in [1.807, 2.05) is 54.6 Å². The van der Waals surface area contributed by atoms with Gasteiger partial charge < -0.3 is 19.5 Å². The van der Waals surface area contributed by atoms with Crippen molar-refractivity contribution >= 4 is 12.2 Å². The lowest BCUT2D eigenvalue weighted by molar-refractivity contribution is 0.144. The number of hydrogen-bond donors (Lipinski definition) is 1. The quantitative estimate of drug-likeness (QED) is 0.572. The van der Waals surface area contributed by atoms with Crippen molar-refractivity contribution in [3.63, 3.8) is 0 Å². The Kier molecular flexibility index (Phi) is 6.22. The average molecular weight is 415 g/mol. The predicted octanol–water partition coefficient (Wildman–Crippen LogP) is 5.26. The molecule has 5 heteroatoms. The van der Waals surface area contributed by atoms with Crippen LogP contribution in [0.5, 0.6) is 11.5 Å². The second-order valence-corrected chi connectivity index (χ2v) is 7.22. The third kappa shape index (κ3) is 4.40. The molecule has 158 valence electrons. The van der Waals surface area contributed by atoms with Crippen LogP contribution in [-0.4, -0.2) is 33.5 Å². The van der Waals surface area contributed by atoms with Gasteiger partial charge in [0, 0.05) is 24.1 Å². The van der Waals surface area contributed by atoms with E-state index < -0.39 is 6.09 Å². The number of ether oxygens (including phenoxy) is 3. The number of nitrogens with one attached hydrogen (secondary N) is 1. The SMILES string of the molecule is COc1ccc(C=CCNC(=O)OCC2c3ccccc3-c3ccccc32)c(OC)c1. The smallest absolute Gasteiger partial charge is 0.407 e. The molecule has 0 spiro atoms. The third-order valence-corrected chi connectivity index (χ3v) is 5.45. The monoisotopic (exact) mass is 415 g/mol. The van der Waals surface area contributed by atoms with E-state index in [1.165, 1.54) is 22.3 Å². The van der Waals surface area contributed by atoms with E-state index in [2.05, 4.69) is 29.6 Å². The number of benzene rings is 3. The molecule has 3 aromatic rings. The van der Waals surface area contributed by atoms with Crippen molar-refractivity contribution < 1.29 is 19.0 Å². The fraction of sp³-hybridized carbons (Fsp3) is 0.192. The van der Waals surface area contributed by atoms with Crippen molar-refractivity contribution in [2.75, 3.05) is 27.4 Å². The molecule has 0 radical (unpaired) electrons. The molecule has 0 saturated carbocycles. The van der Waals surface area contributed by atoms with Gasteiger partial charge in [-0.1, -0.05) is 60.7 Å². The second kappa shape index (κ2) is 9.39. The standard InChI is InChI=1S/C26H25NO4/c1-29-19-14-13-18(25(16-19)30-2)8-7-15-27-26(28)31-17-24-22-11-5-3-9-20(22)21-10-4-6-12-23(21)24/h3-14,16,24H,15,17H2,1-2H3,(H,27,28). The van der Waals surface area contributed by atoms with E-state index in [4.69, 9.17) is 14.2 Å². The highest BCUT2D eigenvalue weighted by molar-refractivity contribution is 5.79. The fourth-order valence-corrected chi connectivity index (χ4v) is 3.93. The maximum Gasteiger partial charge on any atom is 0.407 e. The zero-order valence-corrected chi connectivity index (χ0v) is 17.6. The highest BCUT2D eigenvalue weighted by Crippen LogP contribution is 2.44. The van der Waals surface area contributed by atoms with Gasteiger partial charge in [-0.05, 0) is 34.4 Å². The van der Waals surface area contributed by atoms with Crippen molar-refractivity contribution in [2.45, 2.75) is 5.92 Å². The molecule has 0 aromatic heterocycles. The first-order valence-electron chi connectivity index (χ1n) is 10.2. The van der Waals surface area contributed by atoms with Crippen molar-refractivity contribution in [1.29, 1.82) is 0 Å². The van der Waals surface area contributed by atoms with E-state index in [0.717, 1.165) is 11.3 Å². The predicted molar refractivity (Wildman–Crippen MR) is 122 cm³/mol. The van der Waals surface area contributed by atoms with Gasteiger partial charge in [-0.15, -0.1) is 0 Å². The van der Waals surface area contributed by atoms with Gasteiger partial charge in [0.05, 0.1) is 14.2 Å². The molecule has 31 heavy (non-hydrogen) atoms. The Balaban J connectivity index is 1.33. The number of carbonyl (C=O) groups excluding carboxylic acids is 1. The first kappa shape index (κ1) is 20.5. The summed E-state index contributed by atoms with van der Waals surface area (Å²) in [5.74, 6) is 1.49. The minimum absolute atomic E-state index is 0.0530. The Bertz CT molecular complexity index is 1060. The van der Waals surface area contributed by atoms with Crippen LogP contribution in [0.3, 0.4) is 0 Å². The molecule has 1 aliphatic rings. The number of amides is 1. The van der Waals surface area contributed by atoms with Crippen molar-refractivity contribution in [3.8, 4) is 22.6 Å². The summed E-state index contributed by atoms with van der Waals surface area (Å²) in [5.41, 5.74) is 5.72. The fourth-order valence-electron chi connectivity index (χ4n) is 3.93. The highest BCUT2D eigenvalue weighted by Gasteiger charge is 2.28. The largest absolute Gasteiger partial charge is 0.497 e. The molecule has 0 fully saturated rings. The molecule has 0 saturated heterocycles. The van der Waals surface area contributed by atoms with Gasteiger partial charge in [0.15, 0.2) is 0 Å². The second-order valence-electron chi connectivity index (χ2n) is 7.22. The van der Waals surface area contributed by atoms with Crippen LogP contribution in [0.25, 0.3) is 17.2 Å². The Labute approximate surface area is 182 Å². The Morgan fingerprint density at radius 1 is 0.935 bits per heavy atom. The van der Waals surface area contributed by atoms with E-state index in [1.54, 1.807) is 14.2 Å². The first-order chi connectivity index (χ1) is 15.2. The molecular formula is C26H25NO4. The Morgan fingerprint density at radius 2 is 1.61 bits per heavy atom. The van der Waals surface area contributed by atoms with E-state index in [-0.39, 0.29) is 5.92 Å². The van der Waals surface area contributed by atoms with Gasteiger partial charge in [0.2, 0.25) is 0 Å². The molecule has 0 aliphatic heterocycles. The van der Waals surface area contributed by atoms with E-state index in [0.29, 0.717) is 18.9 Å². The van der Waals surface area contributed by atoms with Crippen molar-refractivity contribution in [1.82, 2.24) is 5.32 Å². The summed E-state index contributed by atoms with van der Waals surface area (Å²) in [6.07, 6.45) is 3.31. The molecule has 0 atom stereocenters. The van der Waals surface area contributed by atoms with Gasteiger partial charge in [-0.3, -0.25) is 0 Å². The first-order valence-corrected chi connectivity index (χ1v) is 10.2. The molecule has 0 bridgehead atoms. The molecule has 4 rings (SSSR count). The Hall–Kier alpha value is -3.73. The lowest BCUT2D eigenvalue weighted by Crippen LogP contribution is -2.26. The van der Waals surface area contributed by atoms with Crippen LogP contribution in [0.2, 0.25) is 0 Å². The van der Waals surface area contributed by atoms with Gasteiger partial charge in [0.1, 0.15) is 18.1 Å². The minimum Gasteiger partial charge on any atom is -0.497 e. The van der Waals surface area contributed by atoms with Crippen LogP contribution in [-0.2, 0) is 4.74 Å². The highest BCUT2D eigenvalue weighted by atomic mass is 16.5. The topological polar surface area (TPSA) is 56.8 Å². The summed E-state index contributed by atoms with van der Waals surface area (Å²) in [5, 5.41) is 2.77. The maximum absolute atomic E-state index is 12.2. The van der Waals surface area contributed by atoms with Gasteiger partial charge >= 0.3 is 6.09 Å². The van der Waals surface area contributed by atoms with Crippen molar-refractivity contribution in [3.05, 3.63) is 89.5 Å². The van der Waals surface area contributed by atoms with E-state index >= 15 is 0 Å². The summed E-state index contributed by atoms with van der Waals surface area (Å²) in [6, 6.07) is 22.1. The normalized spacial score (nSPS) is 12.3. The molecule has 3 aromatic carbocycles. The number of carbonyl (C=O) groups is 1. The maximum atomic E-state index is 12.2.